The fourth-order valence-electron chi connectivity index (χ4n) is 4.48. The second-order valence-corrected chi connectivity index (χ2v) is 8.68. The van der Waals surface area contributed by atoms with Crippen molar-refractivity contribution >= 4 is 28.2 Å². The summed E-state index contributed by atoms with van der Waals surface area (Å²) in [4.78, 5) is 27.8. The Hall–Kier alpha value is -2.22. The standard InChI is InChI=1S/C15H19N5O7S/c21-12-7-16-3-4-18(12)13-5-9(17-26-13)10-6-15(1-2-15)11-8-19(10)14(22)20(11)27-28(23,24)25/h5,10-11,16H,1-4,6-8H2,(H,23,24,25)/t10-,11-/m0/s1. The number of nitrogens with zero attached hydrogens (tertiary/aromatic N) is 4. The third-order valence-electron chi connectivity index (χ3n) is 6.05. The van der Waals surface area contributed by atoms with Crippen molar-refractivity contribution in [1.29, 1.82) is 0 Å². The monoisotopic (exact) mass is 413 g/mol. The summed E-state index contributed by atoms with van der Waals surface area (Å²) >= 11 is 0. The van der Waals surface area contributed by atoms with E-state index in [2.05, 4.69) is 14.8 Å². The molecule has 1 saturated carbocycles. The van der Waals surface area contributed by atoms with E-state index in [4.69, 9.17) is 9.08 Å². The molecule has 3 saturated heterocycles. The third kappa shape index (κ3) is 2.77. The van der Waals surface area contributed by atoms with E-state index in [-0.39, 0.29) is 24.4 Å². The number of piperidine rings is 1. The molecule has 2 bridgehead atoms. The van der Waals surface area contributed by atoms with Gasteiger partial charge in [0.15, 0.2) is 0 Å². The van der Waals surface area contributed by atoms with E-state index in [0.29, 0.717) is 31.1 Å². The van der Waals surface area contributed by atoms with Crippen LogP contribution >= 0.6 is 0 Å². The van der Waals surface area contributed by atoms with Crippen molar-refractivity contribution < 1.29 is 31.4 Å². The first-order valence-corrected chi connectivity index (χ1v) is 10.4. The van der Waals surface area contributed by atoms with Crippen LogP contribution in [0.4, 0.5) is 10.7 Å². The molecular weight excluding hydrogens is 394 g/mol. The van der Waals surface area contributed by atoms with Gasteiger partial charge in [0.2, 0.25) is 11.8 Å². The Bertz CT molecular complexity index is 942. The molecule has 1 aromatic heterocycles. The average molecular weight is 413 g/mol. The highest BCUT2D eigenvalue weighted by molar-refractivity contribution is 7.80. The number of hydroxylamine groups is 2. The van der Waals surface area contributed by atoms with Crippen molar-refractivity contribution in [3.8, 4) is 0 Å². The van der Waals surface area contributed by atoms with Crippen molar-refractivity contribution in [3.63, 3.8) is 0 Å². The summed E-state index contributed by atoms with van der Waals surface area (Å²) in [7, 11) is -4.81. The van der Waals surface area contributed by atoms with Crippen LogP contribution in [0.2, 0.25) is 0 Å². The maximum Gasteiger partial charge on any atom is 0.418 e. The summed E-state index contributed by atoms with van der Waals surface area (Å²) < 4.78 is 41.3. The van der Waals surface area contributed by atoms with Crippen molar-refractivity contribution in [1.82, 2.24) is 20.4 Å². The molecule has 3 aliphatic heterocycles. The Kier molecular flexibility index (Phi) is 3.75. The molecule has 2 N–H and O–H groups in total. The van der Waals surface area contributed by atoms with Crippen LogP contribution in [0, 0.1) is 5.41 Å². The number of fused-ring (bicyclic) bond motifs is 3. The van der Waals surface area contributed by atoms with Gasteiger partial charge in [0.05, 0.1) is 18.6 Å². The van der Waals surface area contributed by atoms with Crippen LogP contribution in [-0.4, -0.2) is 72.2 Å². The summed E-state index contributed by atoms with van der Waals surface area (Å²) in [5.74, 6) is 0.201. The highest BCUT2D eigenvalue weighted by Gasteiger charge is 2.64. The van der Waals surface area contributed by atoms with E-state index < -0.39 is 28.5 Å². The van der Waals surface area contributed by atoms with Gasteiger partial charge in [-0.15, -0.1) is 4.28 Å². The molecule has 4 fully saturated rings. The first kappa shape index (κ1) is 17.8. The highest BCUT2D eigenvalue weighted by Crippen LogP contribution is 2.61. The Morgan fingerprint density at radius 3 is 2.82 bits per heavy atom. The Labute approximate surface area is 160 Å². The average Bonchev–Trinajstić information content (AvgIpc) is 3.12. The molecule has 4 heterocycles. The van der Waals surface area contributed by atoms with E-state index in [1.54, 1.807) is 6.07 Å². The maximum absolute atomic E-state index is 12.7. The summed E-state index contributed by atoms with van der Waals surface area (Å²) in [5.41, 5.74) is 0.232. The Morgan fingerprint density at radius 1 is 1.36 bits per heavy atom. The fourth-order valence-corrected chi connectivity index (χ4v) is 4.85. The van der Waals surface area contributed by atoms with Crippen LogP contribution in [0.15, 0.2) is 10.6 Å². The molecule has 0 unspecified atom stereocenters. The second-order valence-electron chi connectivity index (χ2n) is 7.67. The normalized spacial score (nSPS) is 29.1. The molecule has 5 rings (SSSR count). The van der Waals surface area contributed by atoms with Crippen LogP contribution in [-0.2, 0) is 19.5 Å². The van der Waals surface area contributed by atoms with Crippen LogP contribution in [0.3, 0.4) is 0 Å². The first-order chi connectivity index (χ1) is 13.3. The van der Waals surface area contributed by atoms with Gasteiger partial charge in [-0.3, -0.25) is 14.2 Å². The summed E-state index contributed by atoms with van der Waals surface area (Å²) in [6.07, 6.45) is 2.22. The number of anilines is 1. The van der Waals surface area contributed by atoms with E-state index >= 15 is 0 Å². The molecule has 1 spiro atoms. The molecule has 1 aromatic rings. The first-order valence-electron chi connectivity index (χ1n) is 9.02. The van der Waals surface area contributed by atoms with Gasteiger partial charge in [-0.05, 0) is 24.7 Å². The topological polar surface area (TPSA) is 146 Å². The lowest BCUT2D eigenvalue weighted by Gasteiger charge is -2.35. The SMILES string of the molecule is O=C1CNCCN1c1cc([C@@H]2CC3(CC3)[C@@H]3CN2C(=O)N3OS(=O)(=O)O)no1. The Morgan fingerprint density at radius 2 is 2.14 bits per heavy atom. The van der Waals surface area contributed by atoms with Gasteiger partial charge in [-0.1, -0.05) is 5.16 Å². The van der Waals surface area contributed by atoms with Gasteiger partial charge in [0.25, 0.3) is 0 Å². The molecule has 3 amide bonds. The molecule has 1 aliphatic carbocycles. The molecule has 0 aromatic carbocycles. The summed E-state index contributed by atoms with van der Waals surface area (Å²) in [6.45, 7) is 1.59. The number of hydrogen-bond acceptors (Lipinski definition) is 8. The zero-order valence-corrected chi connectivity index (χ0v) is 15.6. The quantitative estimate of drug-likeness (QED) is 0.634. The van der Waals surface area contributed by atoms with Gasteiger partial charge < -0.3 is 14.7 Å². The predicted molar refractivity (Wildman–Crippen MR) is 91.1 cm³/mol. The number of hydrogen-bond donors (Lipinski definition) is 2. The Balaban J connectivity index is 1.43. The van der Waals surface area contributed by atoms with Gasteiger partial charge in [0.1, 0.15) is 5.69 Å². The van der Waals surface area contributed by atoms with E-state index in [0.717, 1.165) is 17.9 Å². The third-order valence-corrected chi connectivity index (χ3v) is 6.40. The molecule has 28 heavy (non-hydrogen) atoms. The zero-order chi connectivity index (χ0) is 19.7. The smallest absolute Gasteiger partial charge is 0.338 e. The molecule has 12 nitrogen and oxygen atoms in total. The molecule has 13 heteroatoms. The molecule has 4 aliphatic rings. The number of carbonyl (C=O) groups excluding carboxylic acids is 2. The number of piperazine rings is 1. The van der Waals surface area contributed by atoms with E-state index in [9.17, 15) is 18.0 Å². The number of nitrogens with one attached hydrogen (secondary N) is 1. The lowest BCUT2D eigenvalue weighted by molar-refractivity contribution is -0.118. The van der Waals surface area contributed by atoms with Crippen molar-refractivity contribution in [3.05, 3.63) is 11.8 Å². The van der Waals surface area contributed by atoms with Crippen LogP contribution in [0.5, 0.6) is 0 Å². The van der Waals surface area contributed by atoms with Gasteiger partial charge in [-0.2, -0.15) is 13.5 Å². The van der Waals surface area contributed by atoms with Gasteiger partial charge in [0, 0.05) is 25.7 Å². The van der Waals surface area contributed by atoms with Crippen molar-refractivity contribution in [2.24, 2.45) is 5.41 Å². The minimum atomic E-state index is -4.81. The second kappa shape index (κ2) is 5.89. The predicted octanol–water partition coefficient (Wildman–Crippen LogP) is -0.324. The van der Waals surface area contributed by atoms with Crippen molar-refractivity contribution in [2.45, 2.75) is 31.3 Å². The minimum Gasteiger partial charge on any atom is -0.338 e. The molecule has 152 valence electrons. The van der Waals surface area contributed by atoms with E-state index in [1.807, 2.05) is 0 Å². The van der Waals surface area contributed by atoms with E-state index in [1.165, 1.54) is 9.80 Å². The van der Waals surface area contributed by atoms with Crippen LogP contribution in [0.1, 0.15) is 31.0 Å². The lowest BCUT2D eigenvalue weighted by Crippen LogP contribution is -2.48. The molecular formula is C15H19N5O7S. The minimum absolute atomic E-state index is 0.124. The molecule has 0 radical (unpaired) electrons. The highest BCUT2D eigenvalue weighted by atomic mass is 32.3. The van der Waals surface area contributed by atoms with Crippen LogP contribution < -0.4 is 10.2 Å². The fraction of sp³-hybridized carbons (Fsp3) is 0.667. The summed E-state index contributed by atoms with van der Waals surface area (Å²) in [5, 5.41) is 7.83. The van der Waals surface area contributed by atoms with Gasteiger partial charge >= 0.3 is 16.4 Å². The lowest BCUT2D eigenvalue weighted by atomic mass is 9.84. The van der Waals surface area contributed by atoms with Crippen LogP contribution in [0.25, 0.3) is 0 Å². The molecule has 2 atom stereocenters. The summed E-state index contributed by atoms with van der Waals surface area (Å²) in [6, 6.07) is 0.152. The zero-order valence-electron chi connectivity index (χ0n) is 14.8. The number of aromatic nitrogens is 1. The maximum atomic E-state index is 12.7. The number of amides is 3. The van der Waals surface area contributed by atoms with Crippen molar-refractivity contribution in [2.75, 3.05) is 31.1 Å². The van der Waals surface area contributed by atoms with Gasteiger partial charge in [-0.25, -0.2) is 4.79 Å². The number of carbonyl (C=O) groups is 2. The largest absolute Gasteiger partial charge is 0.418 e. The number of rotatable bonds is 4. The number of urea groups is 1.